The minimum Gasteiger partial charge on any atom is -0.457 e. The number of ether oxygens (including phenoxy) is 1. The predicted molar refractivity (Wildman–Crippen MR) is 238 cm³/mol. The maximum absolute atomic E-state index is 7.02. The lowest BCUT2D eigenvalue weighted by molar-refractivity contribution is 0.436. The average Bonchev–Trinajstić information content (AvgIpc) is 3.96. The van der Waals surface area contributed by atoms with Crippen LogP contribution in [0.25, 0.3) is 66.1 Å². The third-order valence-electron chi connectivity index (χ3n) is 12.5. The van der Waals surface area contributed by atoms with Crippen molar-refractivity contribution < 1.29 is 13.6 Å². The van der Waals surface area contributed by atoms with Gasteiger partial charge in [0.25, 0.3) is 0 Å². The first kappa shape index (κ1) is 32.3. The fraction of sp³-hybridized carbons (Fsp3) is 0.0182. The summed E-state index contributed by atoms with van der Waals surface area (Å²) in [7, 11) is 0. The molecule has 0 radical (unpaired) electrons. The van der Waals surface area contributed by atoms with Gasteiger partial charge in [0.2, 0.25) is 0 Å². The van der Waals surface area contributed by atoms with E-state index in [-0.39, 0.29) is 0 Å². The van der Waals surface area contributed by atoms with Crippen molar-refractivity contribution in [2.24, 2.45) is 0 Å². The van der Waals surface area contributed by atoms with Crippen LogP contribution in [0.3, 0.4) is 0 Å². The van der Waals surface area contributed by atoms with Crippen molar-refractivity contribution in [3.05, 3.63) is 222 Å². The van der Waals surface area contributed by atoms with Crippen molar-refractivity contribution >= 4 is 60.9 Å². The Hall–Kier alpha value is -7.82. The van der Waals surface area contributed by atoms with E-state index >= 15 is 0 Å². The number of furan rings is 2. The molecule has 13 rings (SSSR count). The molecule has 0 atom stereocenters. The van der Waals surface area contributed by atoms with E-state index in [0.717, 1.165) is 94.7 Å². The van der Waals surface area contributed by atoms with Gasteiger partial charge < -0.3 is 18.5 Å². The highest BCUT2D eigenvalue weighted by atomic mass is 16.5. The van der Waals surface area contributed by atoms with Crippen LogP contribution in [-0.4, -0.2) is 0 Å². The molecule has 1 aliphatic carbocycles. The van der Waals surface area contributed by atoms with E-state index in [1.165, 1.54) is 22.3 Å². The van der Waals surface area contributed by atoms with E-state index in [0.29, 0.717) is 0 Å². The highest BCUT2D eigenvalue weighted by molar-refractivity contribution is 6.16. The molecule has 2 aliphatic rings. The quantitative estimate of drug-likeness (QED) is 0.179. The van der Waals surface area contributed by atoms with Crippen molar-refractivity contribution in [1.29, 1.82) is 0 Å². The van der Waals surface area contributed by atoms with Crippen molar-refractivity contribution in [1.82, 2.24) is 0 Å². The molecule has 0 N–H and O–H groups in total. The van der Waals surface area contributed by atoms with Gasteiger partial charge in [-0.25, -0.2) is 0 Å². The first-order chi connectivity index (χ1) is 29.3. The Morgan fingerprint density at radius 3 is 1.75 bits per heavy atom. The fourth-order valence-electron chi connectivity index (χ4n) is 10.2. The predicted octanol–water partition coefficient (Wildman–Crippen LogP) is 15.1. The Morgan fingerprint density at radius 2 is 0.932 bits per heavy atom. The molecule has 4 nitrogen and oxygen atoms in total. The summed E-state index contributed by atoms with van der Waals surface area (Å²) in [5, 5.41) is 4.25. The van der Waals surface area contributed by atoms with Crippen LogP contribution in [-0.2, 0) is 5.41 Å². The summed E-state index contributed by atoms with van der Waals surface area (Å²) in [6.45, 7) is 0. The van der Waals surface area contributed by atoms with Crippen molar-refractivity contribution in [2.75, 3.05) is 4.90 Å². The van der Waals surface area contributed by atoms with E-state index < -0.39 is 5.41 Å². The van der Waals surface area contributed by atoms with E-state index in [9.17, 15) is 0 Å². The van der Waals surface area contributed by atoms with Crippen LogP contribution in [0.15, 0.2) is 209 Å². The highest BCUT2D eigenvalue weighted by Gasteiger charge is 2.51. The molecule has 11 aromatic rings. The molecule has 0 bridgehead atoms. The Morgan fingerprint density at radius 1 is 0.356 bits per heavy atom. The molecule has 0 saturated heterocycles. The standard InChI is InChI=1S/C55H33NO3/c1-2-14-34(15-3-1)37-19-12-26-50-53(37)41-32-35(29-31-48(41)58-50)56(46-23-13-27-51-54(46)40-18-6-10-24-47(40)57-51)36-28-30-45-52(33-36)59-49-25-11-9-22-44(49)55(45)42-20-7-4-16-38(42)39-17-5-8-21-43(39)55/h1-33H. The fourth-order valence-corrected chi connectivity index (χ4v) is 10.2. The van der Waals surface area contributed by atoms with Crippen LogP contribution < -0.4 is 9.64 Å². The zero-order chi connectivity index (χ0) is 38.7. The van der Waals surface area contributed by atoms with Crippen molar-refractivity contribution in [3.8, 4) is 33.8 Å². The van der Waals surface area contributed by atoms with E-state index in [2.05, 4.69) is 193 Å². The van der Waals surface area contributed by atoms with Crippen LogP contribution in [0, 0.1) is 0 Å². The molecule has 3 heterocycles. The van der Waals surface area contributed by atoms with E-state index in [1.54, 1.807) is 0 Å². The largest absolute Gasteiger partial charge is 0.457 e. The Bertz CT molecular complexity index is 3460. The Kier molecular flexibility index (Phi) is 6.62. The summed E-state index contributed by atoms with van der Waals surface area (Å²) in [5.41, 5.74) is 15.4. The molecule has 59 heavy (non-hydrogen) atoms. The van der Waals surface area contributed by atoms with Crippen LogP contribution >= 0.6 is 0 Å². The molecular weight excluding hydrogens is 723 g/mol. The zero-order valence-corrected chi connectivity index (χ0v) is 31.7. The topological polar surface area (TPSA) is 38.8 Å². The number of hydrogen-bond donors (Lipinski definition) is 0. The summed E-state index contributed by atoms with van der Waals surface area (Å²) in [6.07, 6.45) is 0. The summed E-state index contributed by atoms with van der Waals surface area (Å²) in [4.78, 5) is 2.35. The smallest absolute Gasteiger partial charge is 0.137 e. The molecule has 1 aliphatic heterocycles. The highest BCUT2D eigenvalue weighted by Crippen LogP contribution is 2.62. The van der Waals surface area contributed by atoms with Gasteiger partial charge in [-0.15, -0.1) is 0 Å². The lowest BCUT2D eigenvalue weighted by atomic mass is 9.66. The number of benzene rings is 9. The van der Waals surface area contributed by atoms with Crippen molar-refractivity contribution in [2.45, 2.75) is 5.41 Å². The second kappa shape index (κ2) is 12.1. The van der Waals surface area contributed by atoms with E-state index in [4.69, 9.17) is 13.6 Å². The van der Waals surface area contributed by atoms with Crippen LogP contribution in [0.5, 0.6) is 11.5 Å². The van der Waals surface area contributed by atoms with Crippen LogP contribution in [0.1, 0.15) is 22.3 Å². The molecule has 0 unspecified atom stereocenters. The van der Waals surface area contributed by atoms with Gasteiger partial charge in [0.15, 0.2) is 0 Å². The van der Waals surface area contributed by atoms with Gasteiger partial charge >= 0.3 is 0 Å². The second-order valence-electron chi connectivity index (χ2n) is 15.5. The minimum atomic E-state index is -0.552. The molecule has 0 amide bonds. The van der Waals surface area contributed by atoms with Gasteiger partial charge in [-0.2, -0.15) is 0 Å². The molecule has 4 heteroatoms. The molecular formula is C55H33NO3. The molecule has 0 fully saturated rings. The molecule has 9 aromatic carbocycles. The maximum Gasteiger partial charge on any atom is 0.137 e. The summed E-state index contributed by atoms with van der Waals surface area (Å²) >= 11 is 0. The first-order valence-corrected chi connectivity index (χ1v) is 20.1. The molecule has 1 spiro atoms. The first-order valence-electron chi connectivity index (χ1n) is 20.1. The normalized spacial score (nSPS) is 13.4. The minimum absolute atomic E-state index is 0.552. The van der Waals surface area contributed by atoms with Gasteiger partial charge in [0, 0.05) is 44.7 Å². The van der Waals surface area contributed by atoms with Gasteiger partial charge in [-0.1, -0.05) is 140 Å². The molecule has 0 saturated carbocycles. The Balaban J connectivity index is 1.09. The third kappa shape index (κ3) is 4.43. The van der Waals surface area contributed by atoms with Gasteiger partial charge in [-0.05, 0) is 88.0 Å². The van der Waals surface area contributed by atoms with Crippen LogP contribution in [0.4, 0.5) is 17.1 Å². The lowest BCUT2D eigenvalue weighted by Gasteiger charge is -2.40. The molecule has 276 valence electrons. The van der Waals surface area contributed by atoms with Gasteiger partial charge in [0.1, 0.15) is 33.8 Å². The van der Waals surface area contributed by atoms with Gasteiger partial charge in [0.05, 0.1) is 16.5 Å². The number of anilines is 3. The van der Waals surface area contributed by atoms with Crippen LogP contribution in [0.2, 0.25) is 0 Å². The second-order valence-corrected chi connectivity index (χ2v) is 15.5. The monoisotopic (exact) mass is 755 g/mol. The SMILES string of the molecule is c1ccc(-c2cccc3oc4ccc(N(c5ccc6c(c5)Oc5ccccc5C65c6ccccc6-c6ccccc65)c5cccc6oc7ccccc7c56)cc4c23)cc1. The zero-order valence-electron chi connectivity index (χ0n) is 31.7. The summed E-state index contributed by atoms with van der Waals surface area (Å²) in [6, 6.07) is 71.0. The average molecular weight is 756 g/mol. The third-order valence-corrected chi connectivity index (χ3v) is 12.5. The van der Waals surface area contributed by atoms with Crippen molar-refractivity contribution in [3.63, 3.8) is 0 Å². The summed E-state index contributed by atoms with van der Waals surface area (Å²) in [5.74, 6) is 1.68. The summed E-state index contributed by atoms with van der Waals surface area (Å²) < 4.78 is 20.0. The lowest BCUT2D eigenvalue weighted by Crippen LogP contribution is -2.32. The Labute approximate surface area is 339 Å². The maximum atomic E-state index is 7.02. The number of nitrogens with zero attached hydrogens (tertiary/aromatic N) is 1. The van der Waals surface area contributed by atoms with E-state index in [1.807, 2.05) is 12.1 Å². The number of fused-ring (bicyclic) bond motifs is 15. The molecule has 2 aromatic heterocycles. The van der Waals surface area contributed by atoms with Gasteiger partial charge in [-0.3, -0.25) is 0 Å². The number of rotatable bonds is 4. The number of para-hydroxylation sites is 2. The number of hydrogen-bond acceptors (Lipinski definition) is 4.